The molecule has 0 fully saturated rings. The van der Waals surface area contributed by atoms with E-state index in [4.69, 9.17) is 28.9 Å². The summed E-state index contributed by atoms with van der Waals surface area (Å²) in [5.41, 5.74) is 6.88. The second-order valence-corrected chi connectivity index (χ2v) is 5.82. The van der Waals surface area contributed by atoms with Gasteiger partial charge in [-0.05, 0) is 23.7 Å². The van der Waals surface area contributed by atoms with Crippen molar-refractivity contribution in [1.82, 2.24) is 4.37 Å². The summed E-state index contributed by atoms with van der Waals surface area (Å²) in [6.45, 7) is 0. The highest BCUT2D eigenvalue weighted by Crippen LogP contribution is 2.36. The third-order valence-corrected chi connectivity index (χ3v) is 4.13. The Morgan fingerprint density at radius 1 is 1.43 bits per heavy atom. The highest BCUT2D eigenvalue weighted by Gasteiger charge is 2.16. The molecule has 1 atom stereocenters. The Morgan fingerprint density at radius 2 is 2.21 bits per heavy atom. The number of thiophene rings is 1. The van der Waals surface area contributed by atoms with Crippen LogP contribution in [0.15, 0.2) is 18.3 Å². The van der Waals surface area contributed by atoms with Gasteiger partial charge in [-0.15, -0.1) is 11.3 Å². The summed E-state index contributed by atoms with van der Waals surface area (Å²) in [6, 6.07) is 3.47. The first-order valence-electron chi connectivity index (χ1n) is 3.79. The largest absolute Gasteiger partial charge is 0.319 e. The zero-order chi connectivity index (χ0) is 10.1. The monoisotopic (exact) mass is 264 g/mol. The predicted molar refractivity (Wildman–Crippen MR) is 62.5 cm³/mol. The lowest BCUT2D eigenvalue weighted by atomic mass is 10.1. The molecule has 0 aliphatic rings. The van der Waals surface area contributed by atoms with Crippen LogP contribution in [-0.4, -0.2) is 4.37 Å². The quantitative estimate of drug-likeness (QED) is 0.901. The minimum atomic E-state index is -0.223. The van der Waals surface area contributed by atoms with E-state index >= 15 is 0 Å². The van der Waals surface area contributed by atoms with Crippen molar-refractivity contribution in [3.63, 3.8) is 0 Å². The molecule has 2 aromatic rings. The maximum atomic E-state index is 6.01. The molecule has 2 heterocycles. The van der Waals surface area contributed by atoms with Crippen LogP contribution in [-0.2, 0) is 0 Å². The summed E-state index contributed by atoms with van der Waals surface area (Å²) in [6.07, 6.45) is 1.72. The normalized spacial score (nSPS) is 13.1. The van der Waals surface area contributed by atoms with Crippen LogP contribution >= 0.6 is 46.1 Å². The summed E-state index contributed by atoms with van der Waals surface area (Å²) in [4.78, 5) is 0.987. The van der Waals surface area contributed by atoms with Crippen LogP contribution in [0.2, 0.25) is 8.67 Å². The first-order chi connectivity index (χ1) is 6.68. The van der Waals surface area contributed by atoms with Gasteiger partial charge in [0.1, 0.15) is 0 Å². The molecule has 2 N–H and O–H groups in total. The van der Waals surface area contributed by atoms with Crippen molar-refractivity contribution in [2.45, 2.75) is 6.04 Å². The molecule has 2 nitrogen and oxygen atoms in total. The average molecular weight is 265 g/mol. The summed E-state index contributed by atoms with van der Waals surface area (Å²) in [5.74, 6) is 0. The van der Waals surface area contributed by atoms with E-state index in [1.54, 1.807) is 12.3 Å². The summed E-state index contributed by atoms with van der Waals surface area (Å²) in [7, 11) is 0. The fourth-order valence-corrected chi connectivity index (χ4v) is 3.26. The van der Waals surface area contributed by atoms with Crippen LogP contribution in [0.4, 0.5) is 0 Å². The van der Waals surface area contributed by atoms with E-state index in [-0.39, 0.29) is 6.04 Å². The molecular weight excluding hydrogens is 259 g/mol. The maximum absolute atomic E-state index is 6.01. The number of rotatable bonds is 2. The first-order valence-corrected chi connectivity index (χ1v) is 6.14. The van der Waals surface area contributed by atoms with E-state index in [0.29, 0.717) is 8.67 Å². The summed E-state index contributed by atoms with van der Waals surface area (Å²) in [5, 5.41) is 0. The molecule has 0 spiro atoms. The molecule has 0 radical (unpaired) electrons. The number of halogens is 2. The number of nitrogens with zero attached hydrogens (tertiary/aromatic N) is 1. The second-order valence-electron chi connectivity index (χ2n) is 2.67. The standard InChI is InChI=1S/C8H6Cl2N2S2/c9-6-3-4(8(10)13-6)7(11)5-1-2-12-14-5/h1-3,7H,11H2. The van der Waals surface area contributed by atoms with E-state index in [1.165, 1.54) is 22.9 Å². The van der Waals surface area contributed by atoms with Gasteiger partial charge < -0.3 is 5.73 Å². The number of aromatic nitrogens is 1. The van der Waals surface area contributed by atoms with Crippen LogP contribution in [0.5, 0.6) is 0 Å². The van der Waals surface area contributed by atoms with Gasteiger partial charge in [-0.1, -0.05) is 23.2 Å². The molecule has 0 saturated heterocycles. The predicted octanol–water partition coefficient (Wildman–Crippen LogP) is 3.56. The molecule has 2 rings (SSSR count). The topological polar surface area (TPSA) is 38.9 Å². The van der Waals surface area contributed by atoms with Gasteiger partial charge in [0.05, 0.1) is 14.7 Å². The van der Waals surface area contributed by atoms with Crippen molar-refractivity contribution in [2.75, 3.05) is 0 Å². The van der Waals surface area contributed by atoms with Gasteiger partial charge >= 0.3 is 0 Å². The molecular formula is C8H6Cl2N2S2. The Hall–Kier alpha value is -0.130. The Balaban J connectivity index is 2.36. The molecule has 6 heteroatoms. The van der Waals surface area contributed by atoms with Crippen molar-refractivity contribution < 1.29 is 0 Å². The molecule has 0 bridgehead atoms. The molecule has 1 unspecified atom stereocenters. The zero-order valence-electron chi connectivity index (χ0n) is 6.91. The van der Waals surface area contributed by atoms with E-state index in [1.807, 2.05) is 6.07 Å². The Bertz CT molecular complexity index is 424. The van der Waals surface area contributed by atoms with Gasteiger partial charge in [0, 0.05) is 16.6 Å². The Labute approximate surface area is 99.4 Å². The van der Waals surface area contributed by atoms with Gasteiger partial charge in [-0.3, -0.25) is 0 Å². The van der Waals surface area contributed by atoms with Crippen LogP contribution < -0.4 is 5.73 Å². The van der Waals surface area contributed by atoms with E-state index in [2.05, 4.69) is 4.37 Å². The van der Waals surface area contributed by atoms with Crippen LogP contribution in [0, 0.1) is 0 Å². The smallest absolute Gasteiger partial charge is 0.0995 e. The lowest BCUT2D eigenvalue weighted by Crippen LogP contribution is -2.09. The van der Waals surface area contributed by atoms with E-state index < -0.39 is 0 Å². The van der Waals surface area contributed by atoms with E-state index in [9.17, 15) is 0 Å². The molecule has 0 saturated carbocycles. The average Bonchev–Trinajstić information content (AvgIpc) is 2.73. The molecule has 2 aromatic heterocycles. The van der Waals surface area contributed by atoms with Gasteiger partial charge in [-0.25, -0.2) is 4.37 Å². The maximum Gasteiger partial charge on any atom is 0.0995 e. The minimum absolute atomic E-state index is 0.223. The number of hydrogen-bond acceptors (Lipinski definition) is 4. The van der Waals surface area contributed by atoms with Crippen LogP contribution in [0.25, 0.3) is 0 Å². The lowest BCUT2D eigenvalue weighted by Gasteiger charge is -2.06. The minimum Gasteiger partial charge on any atom is -0.319 e. The van der Waals surface area contributed by atoms with Gasteiger partial charge in [0.25, 0.3) is 0 Å². The van der Waals surface area contributed by atoms with E-state index in [0.717, 1.165) is 10.4 Å². The third kappa shape index (κ3) is 1.94. The van der Waals surface area contributed by atoms with Crippen LogP contribution in [0.1, 0.15) is 16.5 Å². The fraction of sp³-hybridized carbons (Fsp3) is 0.125. The molecule has 0 aromatic carbocycles. The fourth-order valence-electron chi connectivity index (χ4n) is 1.10. The van der Waals surface area contributed by atoms with Crippen molar-refractivity contribution in [2.24, 2.45) is 5.73 Å². The molecule has 74 valence electrons. The van der Waals surface area contributed by atoms with Crippen molar-refractivity contribution in [3.8, 4) is 0 Å². The van der Waals surface area contributed by atoms with Crippen LogP contribution in [0.3, 0.4) is 0 Å². The second kappa shape index (κ2) is 4.16. The van der Waals surface area contributed by atoms with Gasteiger partial charge in [-0.2, -0.15) is 0 Å². The summed E-state index contributed by atoms with van der Waals surface area (Å²) >= 11 is 14.5. The number of hydrogen-bond donors (Lipinski definition) is 1. The first kappa shape index (κ1) is 10.4. The Morgan fingerprint density at radius 3 is 2.71 bits per heavy atom. The van der Waals surface area contributed by atoms with Crippen molar-refractivity contribution in [3.05, 3.63) is 37.4 Å². The van der Waals surface area contributed by atoms with Gasteiger partial charge in [0.2, 0.25) is 0 Å². The molecule has 0 aliphatic heterocycles. The molecule has 14 heavy (non-hydrogen) atoms. The molecule has 0 aliphatic carbocycles. The highest BCUT2D eigenvalue weighted by atomic mass is 35.5. The third-order valence-electron chi connectivity index (χ3n) is 1.78. The lowest BCUT2D eigenvalue weighted by molar-refractivity contribution is 0.900. The highest BCUT2D eigenvalue weighted by molar-refractivity contribution is 7.20. The molecule has 0 amide bonds. The van der Waals surface area contributed by atoms with Crippen molar-refractivity contribution >= 4 is 46.1 Å². The number of nitrogens with two attached hydrogens (primary N) is 1. The SMILES string of the molecule is NC(c1ccns1)c1cc(Cl)sc1Cl. The summed E-state index contributed by atoms with van der Waals surface area (Å²) < 4.78 is 5.30. The van der Waals surface area contributed by atoms with Crippen molar-refractivity contribution in [1.29, 1.82) is 0 Å². The van der Waals surface area contributed by atoms with Gasteiger partial charge in [0.15, 0.2) is 0 Å². The zero-order valence-corrected chi connectivity index (χ0v) is 10.1. The Kier molecular flexibility index (Phi) is 3.09.